The lowest BCUT2D eigenvalue weighted by Crippen LogP contribution is -2.61. The van der Waals surface area contributed by atoms with Crippen LogP contribution in [0.1, 0.15) is 71.5 Å². The molecule has 1 unspecified atom stereocenters. The molecule has 4 aliphatic rings. The third-order valence-corrected chi connectivity index (χ3v) is 13.0. The topological polar surface area (TPSA) is 218 Å². The molecule has 338 valence electrons. The van der Waals surface area contributed by atoms with E-state index in [0.29, 0.717) is 44.6 Å². The number of fused-ring (bicyclic) bond motifs is 1. The number of aromatic nitrogens is 2. The number of piperidine rings is 2. The zero-order valence-electron chi connectivity index (χ0n) is 34.7. The summed E-state index contributed by atoms with van der Waals surface area (Å²) < 4.78 is 86.2. The van der Waals surface area contributed by atoms with Gasteiger partial charge in [0.1, 0.15) is 17.4 Å². The van der Waals surface area contributed by atoms with E-state index in [0.717, 1.165) is 35.9 Å². The highest BCUT2D eigenvalue weighted by molar-refractivity contribution is 7.89. The van der Waals surface area contributed by atoms with E-state index >= 15 is 4.39 Å². The molecule has 4 aliphatic heterocycles. The fourth-order valence-corrected chi connectivity index (χ4v) is 9.31. The second-order valence-electron chi connectivity index (χ2n) is 16.9. The molecule has 1 atom stereocenters. The van der Waals surface area contributed by atoms with Crippen LogP contribution in [0.3, 0.4) is 0 Å². The highest BCUT2D eigenvalue weighted by Gasteiger charge is 2.50. The maximum Gasteiger partial charge on any atom is 0.419 e. The highest BCUT2D eigenvalue weighted by atomic mass is 32.2. The maximum absolute atomic E-state index is 15.4. The standard InChI is InChI=1S/C41H48F4N10O7S/c1-39(2,60)21-47-19-24(18-46-3)34-27(41(43,44)45)20-48-38(52-34)50-29-8-7-25(17-28(29)42)63(61,62)49-13-16-53-14-11-40(12-15-53)22-54(23-40)30-6-4-5-26-33(30)37(59)55(36(26)58)31-9-10-32(56)51-35(31)57/h4-8,17,19-20,31,46-47,49,60H,9-16,18,21-23H2,1-3H3,(H,48,50,52)(H,51,56,57)/b24-19+. The molecule has 0 bridgehead atoms. The summed E-state index contributed by atoms with van der Waals surface area (Å²) in [5, 5.41) is 20.3. The number of rotatable bonds is 15. The van der Waals surface area contributed by atoms with Crippen molar-refractivity contribution in [3.8, 4) is 0 Å². The van der Waals surface area contributed by atoms with Crippen molar-refractivity contribution in [2.24, 2.45) is 5.41 Å². The van der Waals surface area contributed by atoms with Gasteiger partial charge in [-0.05, 0) is 83.6 Å². The van der Waals surface area contributed by atoms with Crippen LogP contribution in [0.25, 0.3) is 5.57 Å². The third-order valence-electron chi connectivity index (χ3n) is 11.6. The molecule has 5 heterocycles. The Balaban J connectivity index is 0.921. The van der Waals surface area contributed by atoms with Crippen LogP contribution in [0, 0.1) is 11.2 Å². The number of alkyl halides is 3. The summed E-state index contributed by atoms with van der Waals surface area (Å²) in [6.07, 6.45) is -1.27. The maximum atomic E-state index is 15.4. The van der Waals surface area contributed by atoms with E-state index in [2.05, 4.69) is 45.8 Å². The lowest BCUT2D eigenvalue weighted by atomic mass is 9.71. The predicted octanol–water partition coefficient (Wildman–Crippen LogP) is 2.58. The van der Waals surface area contributed by atoms with E-state index < -0.39 is 68.5 Å². The molecule has 2 aromatic carbocycles. The molecular formula is C41H48F4N10O7S. The van der Waals surface area contributed by atoms with Crippen LogP contribution in [0.2, 0.25) is 0 Å². The number of likely N-dealkylation sites (N-methyl/N-ethyl adjacent to an activating group) is 1. The Bertz CT molecular complexity index is 2450. The van der Waals surface area contributed by atoms with E-state index in [9.17, 15) is 45.9 Å². The summed E-state index contributed by atoms with van der Waals surface area (Å²) in [6, 6.07) is 7.06. The first-order valence-electron chi connectivity index (χ1n) is 20.3. The number of carbonyl (C=O) groups is 4. The van der Waals surface area contributed by atoms with E-state index in [-0.39, 0.29) is 71.1 Å². The van der Waals surface area contributed by atoms with E-state index in [4.69, 9.17) is 0 Å². The Morgan fingerprint density at radius 3 is 2.44 bits per heavy atom. The average molecular weight is 901 g/mol. The number of sulfonamides is 1. The van der Waals surface area contributed by atoms with Crippen LogP contribution in [0.15, 0.2) is 53.7 Å². The fraction of sp³-hybridized carbons (Fsp3) is 0.463. The number of amides is 4. The number of imide groups is 2. The van der Waals surface area contributed by atoms with E-state index in [1.807, 2.05) is 0 Å². The summed E-state index contributed by atoms with van der Waals surface area (Å²) in [6.45, 7) is 6.07. The van der Waals surface area contributed by atoms with Gasteiger partial charge in [-0.3, -0.25) is 29.4 Å². The SMILES string of the molecule is CNC/C(=C\NCC(C)(C)O)c1nc(Nc2ccc(S(=O)(=O)NCCN3CCC4(CC3)CN(c3cccc5c3C(=O)N(C3CCC(=O)NC3=O)C5=O)C4)cc2F)ncc1C(F)(F)F. The quantitative estimate of drug-likeness (QED) is 0.0956. The zero-order chi connectivity index (χ0) is 45.5. The molecule has 7 rings (SSSR count). The van der Waals surface area contributed by atoms with Gasteiger partial charge in [0.15, 0.2) is 0 Å². The minimum absolute atomic E-state index is 0.0266. The van der Waals surface area contributed by atoms with Gasteiger partial charge in [0.05, 0.1) is 38.7 Å². The minimum atomic E-state index is -4.83. The number of benzene rings is 2. The number of nitrogens with zero attached hydrogens (tertiary/aromatic N) is 5. The van der Waals surface area contributed by atoms with Crippen molar-refractivity contribution in [2.45, 2.75) is 62.2 Å². The molecular weight excluding hydrogens is 853 g/mol. The van der Waals surface area contributed by atoms with Gasteiger partial charge in [-0.25, -0.2) is 27.5 Å². The summed E-state index contributed by atoms with van der Waals surface area (Å²) in [4.78, 5) is 63.6. The molecule has 1 spiro atoms. The van der Waals surface area contributed by atoms with Gasteiger partial charge in [-0.1, -0.05) is 6.07 Å². The van der Waals surface area contributed by atoms with Crippen molar-refractivity contribution in [2.75, 3.05) is 69.6 Å². The lowest BCUT2D eigenvalue weighted by molar-refractivity contribution is -0.138. The Kier molecular flexibility index (Phi) is 12.7. The Morgan fingerprint density at radius 1 is 1.06 bits per heavy atom. The number of aliphatic hydroxyl groups is 1. The number of hydrogen-bond donors (Lipinski definition) is 6. The average Bonchev–Trinajstić information content (AvgIpc) is 3.45. The number of anilines is 3. The van der Waals surface area contributed by atoms with Crippen LogP contribution >= 0.6 is 0 Å². The smallest absolute Gasteiger partial charge is 0.389 e. The predicted molar refractivity (Wildman–Crippen MR) is 222 cm³/mol. The monoisotopic (exact) mass is 900 g/mol. The molecule has 22 heteroatoms. The van der Waals surface area contributed by atoms with Gasteiger partial charge in [0, 0.05) is 69.1 Å². The zero-order valence-corrected chi connectivity index (χ0v) is 35.6. The second-order valence-corrected chi connectivity index (χ2v) is 18.6. The largest absolute Gasteiger partial charge is 0.419 e. The number of hydrogen-bond acceptors (Lipinski definition) is 14. The summed E-state index contributed by atoms with van der Waals surface area (Å²) in [5.41, 5.74) is -1.95. The molecule has 4 amide bonds. The molecule has 3 saturated heterocycles. The number of halogens is 4. The van der Waals surface area contributed by atoms with Crippen molar-refractivity contribution in [1.82, 2.24) is 40.4 Å². The Labute approximate surface area is 360 Å². The van der Waals surface area contributed by atoms with Crippen molar-refractivity contribution < 1.29 is 50.3 Å². The van der Waals surface area contributed by atoms with Crippen LogP contribution < -0.4 is 30.9 Å². The van der Waals surface area contributed by atoms with Gasteiger partial charge in [-0.2, -0.15) is 13.2 Å². The second kappa shape index (κ2) is 17.5. The lowest BCUT2D eigenvalue weighted by Gasteiger charge is -2.55. The van der Waals surface area contributed by atoms with Crippen molar-refractivity contribution >= 4 is 56.5 Å². The fourth-order valence-electron chi connectivity index (χ4n) is 8.28. The molecule has 17 nitrogen and oxygen atoms in total. The van der Waals surface area contributed by atoms with Gasteiger partial charge in [0.25, 0.3) is 11.8 Å². The van der Waals surface area contributed by atoms with Crippen LogP contribution in [-0.2, 0) is 25.8 Å². The van der Waals surface area contributed by atoms with Gasteiger partial charge >= 0.3 is 6.18 Å². The number of likely N-dealkylation sites (tertiary alicyclic amines) is 1. The Morgan fingerprint density at radius 2 is 1.79 bits per heavy atom. The molecule has 0 aliphatic carbocycles. The molecule has 3 aromatic rings. The van der Waals surface area contributed by atoms with Crippen molar-refractivity contribution in [3.63, 3.8) is 0 Å². The van der Waals surface area contributed by atoms with Gasteiger partial charge < -0.3 is 30.9 Å². The van der Waals surface area contributed by atoms with Crippen LogP contribution in [-0.4, -0.2) is 128 Å². The minimum Gasteiger partial charge on any atom is -0.389 e. The molecule has 3 fully saturated rings. The third kappa shape index (κ3) is 9.83. The van der Waals surface area contributed by atoms with Crippen LogP contribution in [0.5, 0.6) is 0 Å². The first-order chi connectivity index (χ1) is 29.7. The summed E-state index contributed by atoms with van der Waals surface area (Å²) in [5.74, 6) is -3.63. The molecule has 63 heavy (non-hydrogen) atoms. The van der Waals surface area contributed by atoms with E-state index in [1.54, 1.807) is 18.2 Å². The molecule has 1 aromatic heterocycles. The van der Waals surface area contributed by atoms with E-state index in [1.165, 1.54) is 27.1 Å². The first kappa shape index (κ1) is 45.5. The van der Waals surface area contributed by atoms with Gasteiger partial charge in [0.2, 0.25) is 27.8 Å². The first-order valence-corrected chi connectivity index (χ1v) is 21.8. The van der Waals surface area contributed by atoms with Crippen molar-refractivity contribution in [3.05, 3.63) is 77.0 Å². The molecule has 0 radical (unpaired) electrons. The number of carbonyl (C=O) groups excluding carboxylic acids is 4. The Hall–Kier alpha value is -5.55. The van der Waals surface area contributed by atoms with Crippen molar-refractivity contribution in [1.29, 1.82) is 0 Å². The molecule has 0 saturated carbocycles. The number of nitrogens with one attached hydrogen (secondary N) is 5. The molecule has 6 N–H and O–H groups in total. The summed E-state index contributed by atoms with van der Waals surface area (Å²) >= 11 is 0. The van der Waals surface area contributed by atoms with Gasteiger partial charge in [-0.15, -0.1) is 0 Å². The van der Waals surface area contributed by atoms with Crippen LogP contribution in [0.4, 0.5) is 34.9 Å². The summed E-state index contributed by atoms with van der Waals surface area (Å²) in [7, 11) is -2.63. The normalized spacial score (nSPS) is 19.6. The highest BCUT2D eigenvalue weighted by Crippen LogP contribution is 2.45.